The van der Waals surface area contributed by atoms with Crippen LogP contribution in [0.4, 0.5) is 0 Å². The second-order valence-electron chi connectivity index (χ2n) is 2.31. The Hall–Kier alpha value is -1.30. The molecule has 1 aromatic heterocycles. The molecule has 0 aliphatic rings. The predicted octanol–water partition coefficient (Wildman–Crippen LogP) is 0.324. The van der Waals surface area contributed by atoms with Crippen molar-refractivity contribution < 1.29 is 14.6 Å². The van der Waals surface area contributed by atoms with Crippen LogP contribution in [0.3, 0.4) is 0 Å². The molecule has 0 saturated heterocycles. The van der Waals surface area contributed by atoms with E-state index in [0.717, 1.165) is 11.3 Å². The summed E-state index contributed by atoms with van der Waals surface area (Å²) in [5, 5.41) is 8.81. The third kappa shape index (κ3) is 1.57. The quantitative estimate of drug-likeness (QED) is 0.751. The first-order chi connectivity index (χ1) is 6.11. The Morgan fingerprint density at radius 2 is 2.31 bits per heavy atom. The van der Waals surface area contributed by atoms with E-state index in [-0.39, 0.29) is 4.88 Å². The lowest BCUT2D eigenvalue weighted by atomic mass is 10.5. The highest BCUT2D eigenvalue weighted by Crippen LogP contribution is 2.19. The zero-order valence-corrected chi connectivity index (χ0v) is 8.38. The maximum absolute atomic E-state index is 10.7. The zero-order chi connectivity index (χ0) is 10.0. The summed E-state index contributed by atoms with van der Waals surface area (Å²) < 4.78 is 6.56. The minimum atomic E-state index is -0.993. The maximum Gasteiger partial charge on any atom is 0.351 e. The number of hydrogen-bond acceptors (Lipinski definition) is 4. The third-order valence-corrected chi connectivity index (χ3v) is 2.75. The second kappa shape index (κ2) is 3.61. The first-order valence-corrected chi connectivity index (χ1v) is 4.33. The van der Waals surface area contributed by atoms with Crippen molar-refractivity contribution in [1.29, 1.82) is 0 Å². The summed E-state index contributed by atoms with van der Waals surface area (Å²) in [7, 11) is 4.76. The van der Waals surface area contributed by atoms with Crippen molar-refractivity contribution in [2.45, 2.75) is 0 Å². The smallest absolute Gasteiger partial charge is 0.351 e. The molecule has 0 aliphatic carbocycles. The summed E-state index contributed by atoms with van der Waals surface area (Å²) in [6, 6.07) is 0. The predicted molar refractivity (Wildman–Crippen MR) is 48.3 cm³/mol. The van der Waals surface area contributed by atoms with E-state index in [1.807, 2.05) is 0 Å². The average Bonchev–Trinajstić information content (AvgIpc) is 2.42. The molecule has 0 fully saturated rings. The number of thiazole rings is 1. The SMILES string of the molecule is CN=c1sc(C(=O)O)c(OC)n1C. The molecule has 72 valence electrons. The second-order valence-corrected chi connectivity index (χ2v) is 3.29. The molecule has 1 heterocycles. The molecule has 0 aromatic carbocycles. The summed E-state index contributed by atoms with van der Waals surface area (Å²) in [5.41, 5.74) is 0. The highest BCUT2D eigenvalue weighted by atomic mass is 32.1. The Bertz CT molecular complexity index is 391. The fourth-order valence-electron chi connectivity index (χ4n) is 1.00. The van der Waals surface area contributed by atoms with E-state index in [0.29, 0.717) is 10.7 Å². The van der Waals surface area contributed by atoms with E-state index in [4.69, 9.17) is 9.84 Å². The van der Waals surface area contributed by atoms with E-state index >= 15 is 0 Å². The van der Waals surface area contributed by atoms with Crippen molar-refractivity contribution in [1.82, 2.24) is 4.57 Å². The van der Waals surface area contributed by atoms with Gasteiger partial charge < -0.3 is 9.84 Å². The number of aromatic carboxylic acids is 1. The summed E-state index contributed by atoms with van der Waals surface area (Å²) in [6.07, 6.45) is 0. The average molecular weight is 202 g/mol. The van der Waals surface area contributed by atoms with Crippen LogP contribution >= 0.6 is 11.3 Å². The number of ether oxygens (including phenoxy) is 1. The molecule has 0 bridgehead atoms. The van der Waals surface area contributed by atoms with Crippen LogP contribution in [0.15, 0.2) is 4.99 Å². The van der Waals surface area contributed by atoms with Gasteiger partial charge in [0.2, 0.25) is 5.88 Å². The van der Waals surface area contributed by atoms with Crippen molar-refractivity contribution >= 4 is 17.3 Å². The van der Waals surface area contributed by atoms with Crippen molar-refractivity contribution in [3.63, 3.8) is 0 Å². The van der Waals surface area contributed by atoms with Gasteiger partial charge in [0.05, 0.1) is 7.11 Å². The topological polar surface area (TPSA) is 63.8 Å². The Morgan fingerprint density at radius 1 is 1.69 bits per heavy atom. The van der Waals surface area contributed by atoms with Crippen molar-refractivity contribution in [3.05, 3.63) is 9.68 Å². The Morgan fingerprint density at radius 3 is 2.62 bits per heavy atom. The molecule has 1 aromatic rings. The van der Waals surface area contributed by atoms with E-state index in [9.17, 15) is 4.79 Å². The molecule has 0 atom stereocenters. The zero-order valence-electron chi connectivity index (χ0n) is 7.57. The van der Waals surface area contributed by atoms with E-state index < -0.39 is 5.97 Å². The largest absolute Gasteiger partial charge is 0.481 e. The summed E-state index contributed by atoms with van der Waals surface area (Å²) >= 11 is 1.09. The van der Waals surface area contributed by atoms with Crippen molar-refractivity contribution in [2.24, 2.45) is 12.0 Å². The van der Waals surface area contributed by atoms with Gasteiger partial charge in [-0.3, -0.25) is 9.56 Å². The number of carbonyl (C=O) groups is 1. The van der Waals surface area contributed by atoms with E-state index in [1.165, 1.54) is 7.11 Å². The van der Waals surface area contributed by atoms with Gasteiger partial charge in [-0.05, 0) is 0 Å². The Labute approximate surface area is 78.9 Å². The van der Waals surface area contributed by atoms with Crippen LogP contribution in [0, 0.1) is 0 Å². The molecule has 6 heteroatoms. The third-order valence-electron chi connectivity index (χ3n) is 1.56. The molecule has 0 spiro atoms. The number of carboxylic acid groups (broad SMARTS) is 1. The number of hydrogen-bond donors (Lipinski definition) is 1. The van der Waals surface area contributed by atoms with Gasteiger partial charge >= 0.3 is 5.97 Å². The van der Waals surface area contributed by atoms with Crippen LogP contribution in [0.2, 0.25) is 0 Å². The molecular formula is C7H10N2O3S. The van der Waals surface area contributed by atoms with E-state index in [2.05, 4.69) is 4.99 Å². The standard InChI is InChI=1S/C7H10N2O3S/c1-8-7-9(2)5(12-3)4(13-7)6(10)11/h1-3H3,(H,10,11). The molecular weight excluding hydrogens is 192 g/mol. The number of nitrogens with zero attached hydrogens (tertiary/aromatic N) is 2. The fraction of sp³-hybridized carbons (Fsp3) is 0.429. The van der Waals surface area contributed by atoms with Crippen molar-refractivity contribution in [3.8, 4) is 5.88 Å². The van der Waals surface area contributed by atoms with Gasteiger partial charge in [0.1, 0.15) is 0 Å². The van der Waals surface area contributed by atoms with Crippen molar-refractivity contribution in [2.75, 3.05) is 14.2 Å². The number of aromatic nitrogens is 1. The first kappa shape index (κ1) is 9.79. The molecule has 13 heavy (non-hydrogen) atoms. The van der Waals surface area contributed by atoms with Gasteiger partial charge in [-0.15, -0.1) is 0 Å². The summed E-state index contributed by atoms with van der Waals surface area (Å²) in [4.78, 5) is 15.4. The first-order valence-electron chi connectivity index (χ1n) is 3.51. The van der Waals surface area contributed by atoms with E-state index in [1.54, 1.807) is 18.7 Å². The molecule has 1 rings (SSSR count). The van der Waals surface area contributed by atoms with Crippen LogP contribution in [-0.2, 0) is 7.05 Å². The summed E-state index contributed by atoms with van der Waals surface area (Å²) in [6.45, 7) is 0. The summed E-state index contributed by atoms with van der Waals surface area (Å²) in [5.74, 6) is -0.662. The Kier molecular flexibility index (Phi) is 2.72. The number of rotatable bonds is 2. The van der Waals surface area contributed by atoms with Gasteiger partial charge in [0, 0.05) is 14.1 Å². The normalized spacial score (nSPS) is 11.8. The lowest BCUT2D eigenvalue weighted by Crippen LogP contribution is -2.10. The van der Waals surface area contributed by atoms with Crippen LogP contribution in [0.25, 0.3) is 0 Å². The fourth-order valence-corrected chi connectivity index (χ4v) is 1.89. The molecule has 0 aliphatic heterocycles. The lowest BCUT2D eigenvalue weighted by Gasteiger charge is -2.00. The molecule has 0 saturated carbocycles. The molecule has 0 radical (unpaired) electrons. The number of carboxylic acids is 1. The van der Waals surface area contributed by atoms with Crippen LogP contribution in [0.5, 0.6) is 5.88 Å². The monoisotopic (exact) mass is 202 g/mol. The lowest BCUT2D eigenvalue weighted by molar-refractivity contribution is 0.0698. The van der Waals surface area contributed by atoms with Crippen LogP contribution in [0.1, 0.15) is 9.67 Å². The van der Waals surface area contributed by atoms with Gasteiger partial charge in [-0.2, -0.15) is 0 Å². The van der Waals surface area contributed by atoms with Gasteiger partial charge in [-0.1, -0.05) is 11.3 Å². The number of methoxy groups -OCH3 is 1. The molecule has 1 N–H and O–H groups in total. The van der Waals surface area contributed by atoms with Crippen LogP contribution in [-0.4, -0.2) is 29.8 Å². The maximum atomic E-state index is 10.7. The Balaban J connectivity index is 3.45. The van der Waals surface area contributed by atoms with Gasteiger partial charge in [-0.25, -0.2) is 4.79 Å². The molecule has 0 unspecified atom stereocenters. The molecule has 5 nitrogen and oxygen atoms in total. The minimum Gasteiger partial charge on any atom is -0.481 e. The minimum absolute atomic E-state index is 0.172. The van der Waals surface area contributed by atoms with Gasteiger partial charge in [0.25, 0.3) is 0 Å². The highest BCUT2D eigenvalue weighted by Gasteiger charge is 2.17. The van der Waals surface area contributed by atoms with Crippen LogP contribution < -0.4 is 9.54 Å². The van der Waals surface area contributed by atoms with Gasteiger partial charge in [0.15, 0.2) is 9.68 Å². The molecule has 0 amide bonds. The highest BCUT2D eigenvalue weighted by molar-refractivity contribution is 7.11.